The lowest BCUT2D eigenvalue weighted by molar-refractivity contribution is -0.118. The van der Waals surface area contributed by atoms with Crippen LogP contribution in [0.3, 0.4) is 0 Å². The summed E-state index contributed by atoms with van der Waals surface area (Å²) in [4.78, 5) is 34.3. The maximum Gasteiger partial charge on any atom is 0.319 e. The second kappa shape index (κ2) is 9.89. The summed E-state index contributed by atoms with van der Waals surface area (Å²) in [7, 11) is 0. The van der Waals surface area contributed by atoms with Crippen molar-refractivity contribution in [1.29, 1.82) is 5.26 Å². The van der Waals surface area contributed by atoms with E-state index in [1.165, 1.54) is 6.08 Å². The van der Waals surface area contributed by atoms with Crippen LogP contribution in [0.1, 0.15) is 5.56 Å². The summed E-state index contributed by atoms with van der Waals surface area (Å²) in [6, 6.07) is 14.4. The summed E-state index contributed by atoms with van der Waals surface area (Å²) in [5.41, 5.74) is 5.74. The number of carbonyl (C=O) groups excluding carboxylic acids is 3. The monoisotopic (exact) mass is 442 g/mol. The summed E-state index contributed by atoms with van der Waals surface area (Å²) in [6.45, 7) is -0.201. The van der Waals surface area contributed by atoms with E-state index in [1.807, 2.05) is 11.4 Å². The van der Waals surface area contributed by atoms with E-state index in [-0.39, 0.29) is 18.1 Å². The van der Waals surface area contributed by atoms with Crippen LogP contribution in [-0.2, 0) is 9.59 Å². The maximum atomic E-state index is 11.9. The Balaban J connectivity index is 2.02. The van der Waals surface area contributed by atoms with E-state index < -0.39 is 11.9 Å². The zero-order chi connectivity index (χ0) is 20.5. The number of ether oxygens (including phenoxy) is 1. The topological polar surface area (TPSA) is 134 Å². The molecule has 2 aromatic carbocycles. The predicted molar refractivity (Wildman–Crippen MR) is 106 cm³/mol. The molecular formula is C19H15BrN4O4. The minimum atomic E-state index is -1.05. The molecule has 0 aromatic heterocycles. The van der Waals surface area contributed by atoms with Crippen LogP contribution in [0, 0.1) is 11.3 Å². The number of anilines is 1. The first-order chi connectivity index (χ1) is 13.4. The van der Waals surface area contributed by atoms with Crippen LogP contribution in [0.4, 0.5) is 10.5 Å². The molecule has 0 aliphatic heterocycles. The van der Waals surface area contributed by atoms with Crippen molar-refractivity contribution in [1.82, 2.24) is 5.32 Å². The van der Waals surface area contributed by atoms with Gasteiger partial charge in [0.1, 0.15) is 17.4 Å². The summed E-state index contributed by atoms with van der Waals surface area (Å²) < 4.78 is 5.99. The number of carbonyl (C=O) groups is 3. The van der Waals surface area contributed by atoms with Gasteiger partial charge in [-0.2, -0.15) is 5.26 Å². The van der Waals surface area contributed by atoms with Crippen molar-refractivity contribution in [2.24, 2.45) is 5.73 Å². The molecule has 0 saturated carbocycles. The minimum absolute atomic E-state index is 0.201. The molecule has 2 aromatic rings. The first-order valence-corrected chi connectivity index (χ1v) is 8.68. The van der Waals surface area contributed by atoms with Gasteiger partial charge in [0, 0.05) is 5.69 Å². The quantitative estimate of drug-likeness (QED) is 0.466. The average Bonchev–Trinajstić information content (AvgIpc) is 2.65. The number of nitrogens with one attached hydrogen (secondary N) is 2. The lowest BCUT2D eigenvalue weighted by atomic mass is 10.1. The predicted octanol–water partition coefficient (Wildman–Crippen LogP) is 2.57. The number of para-hydroxylation sites is 1. The Bertz CT molecular complexity index is 968. The van der Waals surface area contributed by atoms with E-state index in [2.05, 4.69) is 21.2 Å². The van der Waals surface area contributed by atoms with E-state index in [1.54, 1.807) is 48.5 Å². The van der Waals surface area contributed by atoms with E-state index >= 15 is 0 Å². The Hall–Kier alpha value is -3.64. The Morgan fingerprint density at radius 1 is 1.18 bits per heavy atom. The van der Waals surface area contributed by atoms with Crippen molar-refractivity contribution < 1.29 is 19.1 Å². The number of rotatable bonds is 6. The second-order valence-electron chi connectivity index (χ2n) is 5.38. The van der Waals surface area contributed by atoms with Gasteiger partial charge in [-0.05, 0) is 51.8 Å². The largest absolute Gasteiger partial charge is 0.483 e. The Morgan fingerprint density at radius 3 is 2.50 bits per heavy atom. The molecule has 0 saturated heterocycles. The Labute approximate surface area is 169 Å². The second-order valence-corrected chi connectivity index (χ2v) is 6.24. The van der Waals surface area contributed by atoms with Crippen molar-refractivity contribution in [3.05, 3.63) is 64.1 Å². The number of nitrogens with zero attached hydrogens (tertiary/aromatic N) is 1. The van der Waals surface area contributed by atoms with Gasteiger partial charge in [-0.3, -0.25) is 14.9 Å². The molecule has 0 fully saturated rings. The molecule has 4 amide bonds. The molecule has 0 aliphatic carbocycles. The van der Waals surface area contributed by atoms with Gasteiger partial charge >= 0.3 is 6.03 Å². The highest BCUT2D eigenvalue weighted by molar-refractivity contribution is 9.10. The van der Waals surface area contributed by atoms with Crippen molar-refractivity contribution in [2.75, 3.05) is 11.9 Å². The van der Waals surface area contributed by atoms with Gasteiger partial charge in [-0.25, -0.2) is 4.79 Å². The third-order valence-corrected chi connectivity index (χ3v) is 3.90. The van der Waals surface area contributed by atoms with Crippen LogP contribution in [0.2, 0.25) is 0 Å². The number of hydrogen-bond acceptors (Lipinski definition) is 5. The van der Waals surface area contributed by atoms with E-state index in [0.717, 1.165) is 0 Å². The maximum absolute atomic E-state index is 11.9. The molecule has 0 aliphatic rings. The van der Waals surface area contributed by atoms with Crippen molar-refractivity contribution >= 4 is 45.5 Å². The molecule has 9 heteroatoms. The molecule has 0 heterocycles. The third kappa shape index (κ3) is 6.26. The van der Waals surface area contributed by atoms with Crippen LogP contribution >= 0.6 is 15.9 Å². The number of nitriles is 1. The van der Waals surface area contributed by atoms with Gasteiger partial charge in [-0.15, -0.1) is 0 Å². The molecule has 0 unspecified atom stereocenters. The summed E-state index contributed by atoms with van der Waals surface area (Å²) in [5.74, 6) is -0.818. The number of urea groups is 1. The summed E-state index contributed by atoms with van der Waals surface area (Å²) in [5, 5.41) is 13.6. The SMILES string of the molecule is N#C/C(=C/c1ccc(OCC(=O)Nc2ccccc2)c(Br)c1)C(=O)NC(N)=O. The van der Waals surface area contributed by atoms with Crippen molar-refractivity contribution in [3.63, 3.8) is 0 Å². The number of primary amides is 1. The van der Waals surface area contributed by atoms with Gasteiger partial charge in [-0.1, -0.05) is 24.3 Å². The number of imide groups is 1. The van der Waals surface area contributed by atoms with Gasteiger partial charge in [0.2, 0.25) is 0 Å². The highest BCUT2D eigenvalue weighted by atomic mass is 79.9. The number of hydrogen-bond donors (Lipinski definition) is 3. The molecule has 2 rings (SSSR count). The van der Waals surface area contributed by atoms with Gasteiger partial charge in [0.15, 0.2) is 6.61 Å². The molecule has 0 bridgehead atoms. The fourth-order valence-corrected chi connectivity index (χ4v) is 2.59. The molecule has 0 radical (unpaired) electrons. The number of benzene rings is 2. The van der Waals surface area contributed by atoms with Gasteiger partial charge in [0.25, 0.3) is 11.8 Å². The smallest absolute Gasteiger partial charge is 0.319 e. The van der Waals surface area contributed by atoms with Gasteiger partial charge < -0.3 is 15.8 Å². The molecular weight excluding hydrogens is 428 g/mol. The van der Waals surface area contributed by atoms with Crippen molar-refractivity contribution in [3.8, 4) is 11.8 Å². The highest BCUT2D eigenvalue weighted by Gasteiger charge is 2.12. The minimum Gasteiger partial charge on any atom is -0.483 e. The van der Waals surface area contributed by atoms with Crippen LogP contribution < -0.4 is 21.1 Å². The third-order valence-electron chi connectivity index (χ3n) is 3.29. The molecule has 0 atom stereocenters. The summed E-state index contributed by atoms with van der Waals surface area (Å²) >= 11 is 3.31. The molecule has 28 heavy (non-hydrogen) atoms. The molecule has 4 N–H and O–H groups in total. The normalized spacial score (nSPS) is 10.5. The number of halogens is 1. The number of amides is 4. The van der Waals surface area contributed by atoms with E-state index in [4.69, 9.17) is 15.7 Å². The zero-order valence-electron chi connectivity index (χ0n) is 14.4. The van der Waals surface area contributed by atoms with Gasteiger partial charge in [0.05, 0.1) is 4.47 Å². The summed E-state index contributed by atoms with van der Waals surface area (Å²) in [6.07, 6.45) is 1.29. The lowest BCUT2D eigenvalue weighted by Crippen LogP contribution is -2.35. The fraction of sp³-hybridized carbons (Fsp3) is 0.0526. The Kier molecular flexibility index (Phi) is 7.30. The Morgan fingerprint density at radius 2 is 1.89 bits per heavy atom. The van der Waals surface area contributed by atoms with Crippen LogP contribution in [0.5, 0.6) is 5.75 Å². The average molecular weight is 443 g/mol. The number of nitrogens with two attached hydrogens (primary N) is 1. The van der Waals surface area contributed by atoms with E-state index in [9.17, 15) is 14.4 Å². The lowest BCUT2D eigenvalue weighted by Gasteiger charge is -2.09. The van der Waals surface area contributed by atoms with Crippen LogP contribution in [-0.4, -0.2) is 24.5 Å². The first kappa shape index (κ1) is 20.7. The standard InChI is InChI=1S/C19H15BrN4O4/c20-15-9-12(8-13(10-21)18(26)24-19(22)27)6-7-16(15)28-11-17(25)23-14-4-2-1-3-5-14/h1-9H,11H2,(H,23,25)(H3,22,24,26,27)/b13-8-. The zero-order valence-corrected chi connectivity index (χ0v) is 16.0. The van der Waals surface area contributed by atoms with Crippen LogP contribution in [0.25, 0.3) is 6.08 Å². The van der Waals surface area contributed by atoms with E-state index in [0.29, 0.717) is 21.5 Å². The molecule has 142 valence electrons. The fourth-order valence-electron chi connectivity index (χ4n) is 2.08. The molecule has 0 spiro atoms. The van der Waals surface area contributed by atoms with Crippen molar-refractivity contribution in [2.45, 2.75) is 0 Å². The first-order valence-electron chi connectivity index (χ1n) is 7.89. The van der Waals surface area contributed by atoms with Crippen LogP contribution in [0.15, 0.2) is 58.6 Å². The molecule has 8 nitrogen and oxygen atoms in total. The highest BCUT2D eigenvalue weighted by Crippen LogP contribution is 2.27.